The first kappa shape index (κ1) is 14.0. The highest BCUT2D eigenvalue weighted by atomic mass is 19.1. The number of carbonyl (C=O) groups excluding carboxylic acids is 2. The van der Waals surface area contributed by atoms with Crippen molar-refractivity contribution in [3.8, 4) is 0 Å². The highest BCUT2D eigenvalue weighted by molar-refractivity contribution is 6.01. The maximum Gasteiger partial charge on any atom is 0.228 e. The molecule has 1 unspecified atom stereocenters. The third kappa shape index (κ3) is 2.76. The first-order valence-electron chi connectivity index (χ1n) is 7.06. The molecule has 2 amide bonds. The Morgan fingerprint density at radius 3 is 2.90 bits per heavy atom. The number of halogens is 1. The summed E-state index contributed by atoms with van der Waals surface area (Å²) in [5.74, 6) is -1.72. The topological polar surface area (TPSA) is 78.4 Å². The molecule has 0 bridgehead atoms. The van der Waals surface area contributed by atoms with Crippen molar-refractivity contribution in [1.82, 2.24) is 5.32 Å². The van der Waals surface area contributed by atoms with Gasteiger partial charge in [-0.25, -0.2) is 4.39 Å². The molecule has 1 saturated carbocycles. The lowest BCUT2D eigenvalue weighted by Crippen LogP contribution is -2.49. The summed E-state index contributed by atoms with van der Waals surface area (Å²) in [4.78, 5) is 23.9. The molecule has 6 heteroatoms. The molecule has 0 aromatic heterocycles. The summed E-state index contributed by atoms with van der Waals surface area (Å²) in [7, 11) is 0. The maximum absolute atomic E-state index is 13.2. The van der Waals surface area contributed by atoms with Gasteiger partial charge in [0.25, 0.3) is 0 Å². The standard InChI is InChI=1S/C15H17FN2O3/c16-9-2-3-10-11(7-13(19)18-12(10)6-9)14(20)17-8-15(21)4-1-5-15/h2-3,6,11,21H,1,4-5,7-8H2,(H,17,20)(H,18,19). The van der Waals surface area contributed by atoms with E-state index in [1.54, 1.807) is 0 Å². The molecule has 1 aromatic carbocycles. The molecule has 0 saturated heterocycles. The molecule has 3 rings (SSSR count). The highest BCUT2D eigenvalue weighted by Crippen LogP contribution is 2.34. The van der Waals surface area contributed by atoms with Crippen molar-refractivity contribution in [2.24, 2.45) is 0 Å². The fourth-order valence-electron chi connectivity index (χ4n) is 2.81. The lowest BCUT2D eigenvalue weighted by Gasteiger charge is -2.37. The summed E-state index contributed by atoms with van der Waals surface area (Å²) in [6.45, 7) is 0.195. The molecule has 21 heavy (non-hydrogen) atoms. The van der Waals surface area contributed by atoms with E-state index >= 15 is 0 Å². The number of rotatable bonds is 3. The summed E-state index contributed by atoms with van der Waals surface area (Å²) in [5, 5.41) is 15.3. The van der Waals surface area contributed by atoms with Crippen LogP contribution in [0, 0.1) is 5.82 Å². The minimum atomic E-state index is -0.807. The van der Waals surface area contributed by atoms with Gasteiger partial charge in [0.15, 0.2) is 0 Å². The Balaban J connectivity index is 1.75. The molecule has 5 nitrogen and oxygen atoms in total. The molecule has 1 aliphatic heterocycles. The van der Waals surface area contributed by atoms with Crippen LogP contribution in [-0.4, -0.2) is 29.1 Å². The second-order valence-electron chi connectivity index (χ2n) is 5.83. The van der Waals surface area contributed by atoms with Crippen LogP contribution in [0.15, 0.2) is 18.2 Å². The van der Waals surface area contributed by atoms with E-state index in [1.807, 2.05) is 0 Å². The summed E-state index contributed by atoms with van der Waals surface area (Å²) < 4.78 is 13.2. The molecule has 112 valence electrons. The number of fused-ring (bicyclic) bond motifs is 1. The monoisotopic (exact) mass is 292 g/mol. The van der Waals surface area contributed by atoms with Crippen LogP contribution in [-0.2, 0) is 9.59 Å². The molecular weight excluding hydrogens is 275 g/mol. The van der Waals surface area contributed by atoms with Crippen molar-refractivity contribution in [2.45, 2.75) is 37.2 Å². The number of anilines is 1. The molecule has 2 aliphatic rings. The van der Waals surface area contributed by atoms with Crippen LogP contribution in [0.3, 0.4) is 0 Å². The van der Waals surface area contributed by atoms with E-state index in [4.69, 9.17) is 0 Å². The third-order valence-corrected chi connectivity index (χ3v) is 4.25. The van der Waals surface area contributed by atoms with Gasteiger partial charge in [0.2, 0.25) is 11.8 Å². The Hall–Kier alpha value is -1.95. The minimum Gasteiger partial charge on any atom is -0.388 e. The van der Waals surface area contributed by atoms with Gasteiger partial charge in [0.1, 0.15) is 5.82 Å². The van der Waals surface area contributed by atoms with Gasteiger partial charge >= 0.3 is 0 Å². The fraction of sp³-hybridized carbons (Fsp3) is 0.467. The van der Waals surface area contributed by atoms with Crippen molar-refractivity contribution in [2.75, 3.05) is 11.9 Å². The Morgan fingerprint density at radius 2 is 2.24 bits per heavy atom. The maximum atomic E-state index is 13.2. The number of nitrogens with one attached hydrogen (secondary N) is 2. The zero-order valence-electron chi connectivity index (χ0n) is 11.5. The van der Waals surface area contributed by atoms with Crippen LogP contribution in [0.4, 0.5) is 10.1 Å². The average Bonchev–Trinajstić information content (AvgIpc) is 2.41. The third-order valence-electron chi connectivity index (χ3n) is 4.25. The van der Waals surface area contributed by atoms with Crippen LogP contribution in [0.2, 0.25) is 0 Å². The number of aliphatic hydroxyl groups is 1. The molecule has 1 atom stereocenters. The number of hydrogen-bond acceptors (Lipinski definition) is 3. The normalized spacial score (nSPS) is 22.8. The molecule has 1 aromatic rings. The molecule has 1 aliphatic carbocycles. The lowest BCUT2D eigenvalue weighted by atomic mass is 9.80. The van der Waals surface area contributed by atoms with Crippen molar-refractivity contribution in [3.63, 3.8) is 0 Å². The largest absolute Gasteiger partial charge is 0.388 e. The number of benzene rings is 1. The quantitative estimate of drug-likeness (QED) is 0.785. The Kier molecular flexibility index (Phi) is 3.41. The van der Waals surface area contributed by atoms with Crippen molar-refractivity contribution >= 4 is 17.5 Å². The molecule has 1 fully saturated rings. The molecule has 3 N–H and O–H groups in total. The minimum absolute atomic E-state index is 0.0306. The second-order valence-corrected chi connectivity index (χ2v) is 5.83. The van der Waals surface area contributed by atoms with Crippen LogP contribution in [0.25, 0.3) is 0 Å². The van der Waals surface area contributed by atoms with E-state index in [9.17, 15) is 19.1 Å². The van der Waals surface area contributed by atoms with Gasteiger partial charge in [0.05, 0.1) is 11.5 Å². The smallest absolute Gasteiger partial charge is 0.228 e. The number of amides is 2. The lowest BCUT2D eigenvalue weighted by molar-refractivity contribution is -0.128. The van der Waals surface area contributed by atoms with E-state index in [0.717, 1.165) is 6.42 Å². The zero-order valence-corrected chi connectivity index (χ0v) is 11.5. The van der Waals surface area contributed by atoms with E-state index in [1.165, 1.54) is 18.2 Å². The number of hydrogen-bond donors (Lipinski definition) is 3. The van der Waals surface area contributed by atoms with Crippen molar-refractivity contribution in [3.05, 3.63) is 29.6 Å². The highest BCUT2D eigenvalue weighted by Gasteiger charge is 2.36. The predicted octanol–water partition coefficient (Wildman–Crippen LogP) is 1.28. The Bertz CT molecular complexity index is 599. The first-order valence-corrected chi connectivity index (χ1v) is 7.06. The van der Waals surface area contributed by atoms with Gasteiger partial charge in [-0.05, 0) is 37.0 Å². The Morgan fingerprint density at radius 1 is 1.48 bits per heavy atom. The van der Waals surface area contributed by atoms with Crippen molar-refractivity contribution in [1.29, 1.82) is 0 Å². The van der Waals surface area contributed by atoms with Gasteiger partial charge in [-0.2, -0.15) is 0 Å². The number of carbonyl (C=O) groups is 2. The Labute approximate surface area is 121 Å². The first-order chi connectivity index (χ1) is 9.97. The van der Waals surface area contributed by atoms with E-state index < -0.39 is 17.3 Å². The summed E-state index contributed by atoms with van der Waals surface area (Å²) >= 11 is 0. The van der Waals surface area contributed by atoms with E-state index in [-0.39, 0.29) is 24.8 Å². The van der Waals surface area contributed by atoms with Crippen LogP contribution >= 0.6 is 0 Å². The van der Waals surface area contributed by atoms with Crippen molar-refractivity contribution < 1.29 is 19.1 Å². The van der Waals surface area contributed by atoms with Crippen LogP contribution < -0.4 is 10.6 Å². The molecular formula is C15H17FN2O3. The van der Waals surface area contributed by atoms with Gasteiger partial charge in [-0.3, -0.25) is 9.59 Å². The molecule has 0 radical (unpaired) electrons. The van der Waals surface area contributed by atoms with Crippen LogP contribution in [0.5, 0.6) is 0 Å². The van der Waals surface area contributed by atoms with Gasteiger partial charge in [-0.15, -0.1) is 0 Å². The van der Waals surface area contributed by atoms with Gasteiger partial charge in [-0.1, -0.05) is 6.07 Å². The zero-order chi connectivity index (χ0) is 15.0. The summed E-state index contributed by atoms with van der Waals surface area (Å²) in [5.41, 5.74) is 0.140. The van der Waals surface area contributed by atoms with E-state index in [2.05, 4.69) is 10.6 Å². The summed E-state index contributed by atoms with van der Waals surface area (Å²) in [6, 6.07) is 4.01. The van der Waals surface area contributed by atoms with Gasteiger partial charge < -0.3 is 15.7 Å². The van der Waals surface area contributed by atoms with Crippen LogP contribution in [0.1, 0.15) is 37.2 Å². The fourth-order valence-corrected chi connectivity index (χ4v) is 2.81. The second kappa shape index (κ2) is 5.11. The predicted molar refractivity (Wildman–Crippen MR) is 74.2 cm³/mol. The molecule has 0 spiro atoms. The molecule has 1 heterocycles. The van der Waals surface area contributed by atoms with Gasteiger partial charge in [0, 0.05) is 18.7 Å². The summed E-state index contributed by atoms with van der Waals surface area (Å²) in [6.07, 6.45) is 2.35. The average molecular weight is 292 g/mol. The SMILES string of the molecule is O=C1CC(C(=O)NCC2(O)CCC2)c2ccc(F)cc2N1. The van der Waals surface area contributed by atoms with E-state index in [0.29, 0.717) is 24.1 Å².